The highest BCUT2D eigenvalue weighted by molar-refractivity contribution is 7.17. The molecule has 0 fully saturated rings. The Balaban J connectivity index is 1.94. The minimum atomic E-state index is -0.411. The molecule has 0 spiro atoms. The minimum Gasteiger partial charge on any atom is -0.337 e. The standard InChI is InChI=1S/C22H27N3O3S/c1-4-23(14-17-8-6-5-7-9-17)19(26)15-25-18-11-13-29-20(18)21(27)24(22(25)28)12-10-16(2)3/h5-9,11,13,16H,4,10,12,14-15H2,1-3H3. The van der Waals surface area contributed by atoms with Crippen LogP contribution in [0.1, 0.15) is 32.8 Å². The van der Waals surface area contributed by atoms with Crippen LogP contribution in [0.2, 0.25) is 0 Å². The zero-order chi connectivity index (χ0) is 21.0. The van der Waals surface area contributed by atoms with E-state index in [9.17, 15) is 14.4 Å². The highest BCUT2D eigenvalue weighted by atomic mass is 32.1. The molecule has 3 rings (SSSR count). The largest absolute Gasteiger partial charge is 0.337 e. The van der Waals surface area contributed by atoms with E-state index in [0.717, 1.165) is 12.0 Å². The Morgan fingerprint density at radius 2 is 1.83 bits per heavy atom. The number of thiophene rings is 1. The Morgan fingerprint density at radius 1 is 1.10 bits per heavy atom. The van der Waals surface area contributed by atoms with Crippen molar-refractivity contribution in [1.29, 1.82) is 0 Å². The van der Waals surface area contributed by atoms with E-state index in [1.807, 2.05) is 37.3 Å². The van der Waals surface area contributed by atoms with Crippen LogP contribution in [0.15, 0.2) is 51.4 Å². The summed E-state index contributed by atoms with van der Waals surface area (Å²) < 4.78 is 3.25. The maximum Gasteiger partial charge on any atom is 0.332 e. The molecule has 0 saturated carbocycles. The van der Waals surface area contributed by atoms with Crippen molar-refractivity contribution in [3.63, 3.8) is 0 Å². The SMILES string of the molecule is CCN(Cc1ccccc1)C(=O)Cn1c(=O)n(CCC(C)C)c(=O)c2sccc21. The van der Waals surface area contributed by atoms with Crippen molar-refractivity contribution in [3.05, 3.63) is 68.2 Å². The zero-order valence-electron chi connectivity index (χ0n) is 17.1. The summed E-state index contributed by atoms with van der Waals surface area (Å²) in [6, 6.07) is 11.5. The van der Waals surface area contributed by atoms with Crippen molar-refractivity contribution in [2.24, 2.45) is 5.92 Å². The number of aromatic nitrogens is 2. The first-order valence-electron chi connectivity index (χ1n) is 9.94. The van der Waals surface area contributed by atoms with Crippen molar-refractivity contribution in [2.75, 3.05) is 6.54 Å². The maximum absolute atomic E-state index is 13.1. The van der Waals surface area contributed by atoms with Gasteiger partial charge < -0.3 is 4.90 Å². The molecule has 3 aromatic rings. The fourth-order valence-corrected chi connectivity index (χ4v) is 4.13. The smallest absolute Gasteiger partial charge is 0.332 e. The molecular weight excluding hydrogens is 386 g/mol. The molecule has 0 aliphatic carbocycles. The van der Waals surface area contributed by atoms with E-state index in [0.29, 0.717) is 35.8 Å². The third kappa shape index (κ3) is 4.67. The van der Waals surface area contributed by atoms with Gasteiger partial charge in [-0.3, -0.25) is 18.7 Å². The van der Waals surface area contributed by atoms with Gasteiger partial charge in [-0.15, -0.1) is 11.3 Å². The molecule has 7 heteroatoms. The Kier molecular flexibility index (Phi) is 6.69. The van der Waals surface area contributed by atoms with Crippen LogP contribution in [-0.2, 0) is 24.4 Å². The van der Waals surface area contributed by atoms with Gasteiger partial charge in [0.1, 0.15) is 11.2 Å². The second kappa shape index (κ2) is 9.22. The van der Waals surface area contributed by atoms with Crippen molar-refractivity contribution in [3.8, 4) is 0 Å². The number of carbonyl (C=O) groups excluding carboxylic acids is 1. The molecule has 0 N–H and O–H groups in total. The number of rotatable bonds is 8. The molecule has 1 aromatic carbocycles. The molecule has 2 aromatic heterocycles. The van der Waals surface area contributed by atoms with Gasteiger partial charge >= 0.3 is 5.69 Å². The Bertz CT molecular complexity index is 1100. The first-order valence-corrected chi connectivity index (χ1v) is 10.8. The number of likely N-dealkylation sites (N-methyl/N-ethyl adjacent to an activating group) is 1. The second-order valence-electron chi connectivity index (χ2n) is 7.54. The van der Waals surface area contributed by atoms with Gasteiger partial charge in [0.05, 0.1) is 5.52 Å². The lowest BCUT2D eigenvalue weighted by molar-refractivity contribution is -0.132. The van der Waals surface area contributed by atoms with E-state index in [1.54, 1.807) is 16.3 Å². The summed E-state index contributed by atoms with van der Waals surface area (Å²) in [6.45, 7) is 7.35. The molecule has 6 nitrogen and oxygen atoms in total. The predicted molar refractivity (Wildman–Crippen MR) is 117 cm³/mol. The van der Waals surface area contributed by atoms with Gasteiger partial charge in [0.25, 0.3) is 5.56 Å². The summed E-state index contributed by atoms with van der Waals surface area (Å²) in [4.78, 5) is 40.6. The fraction of sp³-hybridized carbons (Fsp3) is 0.409. The number of hydrogen-bond donors (Lipinski definition) is 0. The van der Waals surface area contributed by atoms with Gasteiger partial charge in [-0.2, -0.15) is 0 Å². The number of carbonyl (C=O) groups is 1. The maximum atomic E-state index is 13.1. The second-order valence-corrected chi connectivity index (χ2v) is 8.45. The van der Waals surface area contributed by atoms with Gasteiger partial charge in [0.15, 0.2) is 0 Å². The molecule has 0 bridgehead atoms. The summed E-state index contributed by atoms with van der Waals surface area (Å²) in [5.41, 5.74) is 0.902. The summed E-state index contributed by atoms with van der Waals surface area (Å²) in [5.74, 6) is 0.233. The quantitative estimate of drug-likeness (QED) is 0.569. The highest BCUT2D eigenvalue weighted by Crippen LogP contribution is 2.16. The normalized spacial score (nSPS) is 11.3. The third-order valence-electron chi connectivity index (χ3n) is 5.01. The molecule has 29 heavy (non-hydrogen) atoms. The van der Waals surface area contributed by atoms with E-state index < -0.39 is 5.69 Å². The summed E-state index contributed by atoms with van der Waals surface area (Å²) in [6.07, 6.45) is 0.731. The van der Waals surface area contributed by atoms with E-state index in [4.69, 9.17) is 0 Å². The molecule has 0 saturated heterocycles. The molecule has 1 amide bonds. The van der Waals surface area contributed by atoms with Crippen LogP contribution >= 0.6 is 11.3 Å². The molecule has 2 heterocycles. The summed E-state index contributed by atoms with van der Waals surface area (Å²) in [7, 11) is 0. The zero-order valence-corrected chi connectivity index (χ0v) is 17.9. The molecule has 0 atom stereocenters. The molecule has 154 valence electrons. The van der Waals surface area contributed by atoms with Crippen LogP contribution in [0.25, 0.3) is 10.2 Å². The van der Waals surface area contributed by atoms with Crippen molar-refractivity contribution in [1.82, 2.24) is 14.0 Å². The van der Waals surface area contributed by atoms with Crippen molar-refractivity contribution >= 4 is 27.5 Å². The van der Waals surface area contributed by atoms with Gasteiger partial charge in [-0.05, 0) is 36.3 Å². The highest BCUT2D eigenvalue weighted by Gasteiger charge is 2.19. The number of fused-ring (bicyclic) bond motifs is 1. The fourth-order valence-electron chi connectivity index (χ4n) is 3.29. The van der Waals surface area contributed by atoms with Crippen LogP contribution < -0.4 is 11.2 Å². The number of amides is 1. The average Bonchev–Trinajstić information content (AvgIpc) is 3.19. The van der Waals surface area contributed by atoms with Crippen molar-refractivity contribution < 1.29 is 4.79 Å². The first kappa shape index (κ1) is 21.0. The van der Waals surface area contributed by atoms with Gasteiger partial charge in [-0.1, -0.05) is 44.2 Å². The monoisotopic (exact) mass is 413 g/mol. The summed E-state index contributed by atoms with van der Waals surface area (Å²) >= 11 is 1.31. The molecule has 0 unspecified atom stereocenters. The van der Waals surface area contributed by atoms with E-state index in [-0.39, 0.29) is 18.0 Å². The van der Waals surface area contributed by atoms with Crippen LogP contribution in [0, 0.1) is 5.92 Å². The Morgan fingerprint density at radius 3 is 2.48 bits per heavy atom. The van der Waals surface area contributed by atoms with E-state index >= 15 is 0 Å². The van der Waals surface area contributed by atoms with Crippen LogP contribution in [0.5, 0.6) is 0 Å². The van der Waals surface area contributed by atoms with Gasteiger partial charge in [-0.25, -0.2) is 4.79 Å². The van der Waals surface area contributed by atoms with Crippen LogP contribution in [0.4, 0.5) is 0 Å². The predicted octanol–water partition coefficient (Wildman–Crippen LogP) is 3.32. The lowest BCUT2D eigenvalue weighted by Crippen LogP contribution is -2.43. The van der Waals surface area contributed by atoms with E-state index in [1.165, 1.54) is 20.5 Å². The lowest BCUT2D eigenvalue weighted by atomic mass is 10.1. The Hall–Kier alpha value is -2.67. The number of nitrogens with zero attached hydrogens (tertiary/aromatic N) is 3. The molecule has 0 radical (unpaired) electrons. The molecule has 0 aliphatic heterocycles. The Labute approximate surface area is 174 Å². The van der Waals surface area contributed by atoms with Crippen LogP contribution in [0.3, 0.4) is 0 Å². The van der Waals surface area contributed by atoms with Crippen molar-refractivity contribution in [2.45, 2.75) is 46.8 Å². The average molecular weight is 414 g/mol. The number of benzene rings is 1. The van der Waals surface area contributed by atoms with Crippen LogP contribution in [-0.4, -0.2) is 26.5 Å². The molecular formula is C22H27N3O3S. The van der Waals surface area contributed by atoms with Gasteiger partial charge in [0, 0.05) is 19.6 Å². The summed E-state index contributed by atoms with van der Waals surface area (Å²) in [5, 5.41) is 1.79. The topological polar surface area (TPSA) is 64.3 Å². The van der Waals surface area contributed by atoms with Gasteiger partial charge in [0.2, 0.25) is 5.91 Å². The van der Waals surface area contributed by atoms with E-state index in [2.05, 4.69) is 13.8 Å². The number of hydrogen-bond acceptors (Lipinski definition) is 4. The first-order chi connectivity index (χ1) is 13.9. The minimum absolute atomic E-state index is 0.0747. The lowest BCUT2D eigenvalue weighted by Gasteiger charge is -2.22. The molecule has 0 aliphatic rings. The third-order valence-corrected chi connectivity index (χ3v) is 5.90.